The van der Waals surface area contributed by atoms with Crippen LogP contribution in [0.1, 0.15) is 6.42 Å². The van der Waals surface area contributed by atoms with Crippen LogP contribution in [-0.4, -0.2) is 19.6 Å². The van der Waals surface area contributed by atoms with E-state index in [1.165, 1.54) is 11.3 Å². The van der Waals surface area contributed by atoms with Crippen molar-refractivity contribution in [3.8, 4) is 0 Å². The fraction of sp³-hybridized carbons (Fsp3) is 0.333. The van der Waals surface area contributed by atoms with Gasteiger partial charge in [0.2, 0.25) is 0 Å². The molecule has 0 radical (unpaired) electrons. The van der Waals surface area contributed by atoms with Gasteiger partial charge in [-0.2, -0.15) is 0 Å². The molecule has 3 heteroatoms. The van der Waals surface area contributed by atoms with Crippen molar-refractivity contribution >= 4 is 21.6 Å². The zero-order chi connectivity index (χ0) is 10.7. The molecule has 80 valence electrons. The van der Waals surface area contributed by atoms with Gasteiger partial charge in [-0.3, -0.25) is 0 Å². The van der Waals surface area contributed by atoms with Gasteiger partial charge in [0.05, 0.1) is 5.69 Å². The number of hydrogen-bond donors (Lipinski definition) is 1. The first kappa shape index (κ1) is 10.7. The molecule has 2 rings (SSSR count). The second-order valence-electron chi connectivity index (χ2n) is 3.71. The van der Waals surface area contributed by atoms with E-state index in [1.807, 2.05) is 6.07 Å². The van der Waals surface area contributed by atoms with E-state index in [-0.39, 0.29) is 0 Å². The predicted molar refractivity (Wildman–Crippen MR) is 68.1 cm³/mol. The second-order valence-corrected chi connectivity index (χ2v) is 4.57. The van der Waals surface area contributed by atoms with Crippen LogP contribution in [0.2, 0.25) is 0 Å². The molecule has 1 aromatic rings. The lowest BCUT2D eigenvalue weighted by molar-refractivity contribution is 0.771. The lowest BCUT2D eigenvalue weighted by Crippen LogP contribution is -2.30. The molecular formula is C12H15BrN2. The molecule has 1 aliphatic rings. The Labute approximate surface area is 98.9 Å². The summed E-state index contributed by atoms with van der Waals surface area (Å²) in [4.78, 5) is 2.36. The third kappa shape index (κ3) is 2.41. The summed E-state index contributed by atoms with van der Waals surface area (Å²) in [5.41, 5.74) is 8.26. The minimum Gasteiger partial charge on any atom is -0.367 e. The largest absolute Gasteiger partial charge is 0.367 e. The van der Waals surface area contributed by atoms with Gasteiger partial charge in [-0.25, -0.2) is 0 Å². The number of nitrogens with two attached hydrogens (primary N) is 1. The number of para-hydroxylation sites is 1. The maximum Gasteiger partial charge on any atom is 0.0513 e. The number of benzene rings is 1. The van der Waals surface area contributed by atoms with Gasteiger partial charge in [0, 0.05) is 24.1 Å². The van der Waals surface area contributed by atoms with Gasteiger partial charge in [-0.1, -0.05) is 23.8 Å². The molecule has 0 spiro atoms. The zero-order valence-corrected chi connectivity index (χ0v) is 10.2. The fourth-order valence-electron chi connectivity index (χ4n) is 1.82. The summed E-state index contributed by atoms with van der Waals surface area (Å²) >= 11 is 3.58. The Kier molecular flexibility index (Phi) is 3.44. The molecule has 15 heavy (non-hydrogen) atoms. The lowest BCUT2D eigenvalue weighted by atomic mass is 10.1. The summed E-state index contributed by atoms with van der Waals surface area (Å²) in [5, 5.41) is 0. The Balaban J connectivity index is 2.14. The highest BCUT2D eigenvalue weighted by Crippen LogP contribution is 2.27. The molecule has 0 fully saturated rings. The SMILES string of the molecule is NCC1=CCN(c2ccccc2Br)CC1. The van der Waals surface area contributed by atoms with Gasteiger partial charge in [0.25, 0.3) is 0 Å². The van der Waals surface area contributed by atoms with Crippen molar-refractivity contribution in [2.45, 2.75) is 6.42 Å². The number of nitrogens with zero attached hydrogens (tertiary/aromatic N) is 1. The van der Waals surface area contributed by atoms with Crippen molar-refractivity contribution in [1.29, 1.82) is 0 Å². The van der Waals surface area contributed by atoms with Gasteiger partial charge in [-0.05, 0) is 34.5 Å². The second kappa shape index (κ2) is 4.81. The van der Waals surface area contributed by atoms with Gasteiger partial charge in [0.15, 0.2) is 0 Å². The Morgan fingerprint density at radius 2 is 2.13 bits per heavy atom. The molecule has 1 heterocycles. The highest BCUT2D eigenvalue weighted by molar-refractivity contribution is 9.10. The molecule has 0 saturated carbocycles. The van der Waals surface area contributed by atoms with Crippen molar-refractivity contribution in [3.63, 3.8) is 0 Å². The first-order valence-electron chi connectivity index (χ1n) is 5.18. The Morgan fingerprint density at radius 1 is 1.33 bits per heavy atom. The Hall–Kier alpha value is -0.800. The summed E-state index contributed by atoms with van der Waals surface area (Å²) in [5.74, 6) is 0. The topological polar surface area (TPSA) is 29.3 Å². The van der Waals surface area contributed by atoms with Crippen LogP contribution in [0.5, 0.6) is 0 Å². The lowest BCUT2D eigenvalue weighted by Gasteiger charge is -2.28. The predicted octanol–water partition coefficient (Wildman–Crippen LogP) is 2.54. The van der Waals surface area contributed by atoms with Crippen LogP contribution in [-0.2, 0) is 0 Å². The van der Waals surface area contributed by atoms with E-state index in [1.54, 1.807) is 0 Å². The van der Waals surface area contributed by atoms with E-state index in [4.69, 9.17) is 5.73 Å². The Bertz CT molecular complexity index is 374. The van der Waals surface area contributed by atoms with E-state index >= 15 is 0 Å². The summed E-state index contributed by atoms with van der Waals surface area (Å²) < 4.78 is 1.16. The van der Waals surface area contributed by atoms with E-state index < -0.39 is 0 Å². The molecule has 0 amide bonds. The van der Waals surface area contributed by atoms with Crippen LogP contribution in [0, 0.1) is 0 Å². The molecule has 0 unspecified atom stereocenters. The summed E-state index contributed by atoms with van der Waals surface area (Å²) in [6, 6.07) is 8.34. The molecule has 1 aliphatic heterocycles. The normalized spacial score (nSPS) is 16.4. The van der Waals surface area contributed by atoms with Crippen LogP contribution in [0.4, 0.5) is 5.69 Å². The van der Waals surface area contributed by atoms with Crippen LogP contribution in [0.15, 0.2) is 40.4 Å². The number of hydrogen-bond acceptors (Lipinski definition) is 2. The third-order valence-corrected chi connectivity index (χ3v) is 3.43. The summed E-state index contributed by atoms with van der Waals surface area (Å²) in [7, 11) is 0. The van der Waals surface area contributed by atoms with Crippen LogP contribution in [0.3, 0.4) is 0 Å². The molecular weight excluding hydrogens is 252 g/mol. The molecule has 0 atom stereocenters. The molecule has 0 aliphatic carbocycles. The third-order valence-electron chi connectivity index (χ3n) is 2.76. The molecule has 0 bridgehead atoms. The number of rotatable bonds is 2. The van der Waals surface area contributed by atoms with E-state index in [2.05, 4.69) is 45.1 Å². The van der Waals surface area contributed by atoms with Gasteiger partial charge in [0.1, 0.15) is 0 Å². The average Bonchev–Trinajstić information content (AvgIpc) is 2.30. The smallest absolute Gasteiger partial charge is 0.0513 e. The van der Waals surface area contributed by atoms with Crippen molar-refractivity contribution in [3.05, 3.63) is 40.4 Å². The van der Waals surface area contributed by atoms with E-state index in [0.717, 1.165) is 24.0 Å². The molecule has 0 aromatic heterocycles. The molecule has 1 aromatic carbocycles. The molecule has 2 N–H and O–H groups in total. The van der Waals surface area contributed by atoms with Crippen molar-refractivity contribution in [1.82, 2.24) is 0 Å². The monoisotopic (exact) mass is 266 g/mol. The standard InChI is InChI=1S/C12H15BrN2/c13-11-3-1-2-4-12(11)15-7-5-10(9-14)6-8-15/h1-5H,6-9,14H2. The quantitative estimate of drug-likeness (QED) is 0.834. The molecule has 0 saturated heterocycles. The average molecular weight is 267 g/mol. The van der Waals surface area contributed by atoms with Crippen LogP contribution in [0.25, 0.3) is 0 Å². The highest BCUT2D eigenvalue weighted by Gasteiger charge is 2.12. The molecule has 2 nitrogen and oxygen atoms in total. The van der Waals surface area contributed by atoms with Gasteiger partial charge >= 0.3 is 0 Å². The minimum atomic E-state index is 0.698. The van der Waals surface area contributed by atoms with Crippen molar-refractivity contribution in [2.24, 2.45) is 5.73 Å². The maximum atomic E-state index is 5.62. The number of anilines is 1. The first-order chi connectivity index (χ1) is 7.31. The van der Waals surface area contributed by atoms with Crippen LogP contribution >= 0.6 is 15.9 Å². The number of halogens is 1. The first-order valence-corrected chi connectivity index (χ1v) is 5.98. The van der Waals surface area contributed by atoms with Gasteiger partial charge in [-0.15, -0.1) is 0 Å². The summed E-state index contributed by atoms with van der Waals surface area (Å²) in [6.45, 7) is 2.73. The Morgan fingerprint density at radius 3 is 2.73 bits per heavy atom. The van der Waals surface area contributed by atoms with Crippen molar-refractivity contribution in [2.75, 3.05) is 24.5 Å². The zero-order valence-electron chi connectivity index (χ0n) is 8.62. The van der Waals surface area contributed by atoms with Crippen LogP contribution < -0.4 is 10.6 Å². The summed E-state index contributed by atoms with van der Waals surface area (Å²) in [6.07, 6.45) is 3.32. The van der Waals surface area contributed by atoms with Crippen molar-refractivity contribution < 1.29 is 0 Å². The highest BCUT2D eigenvalue weighted by atomic mass is 79.9. The fourth-order valence-corrected chi connectivity index (χ4v) is 2.36. The van der Waals surface area contributed by atoms with Gasteiger partial charge < -0.3 is 10.6 Å². The minimum absolute atomic E-state index is 0.698. The van der Waals surface area contributed by atoms with E-state index in [9.17, 15) is 0 Å². The van der Waals surface area contributed by atoms with E-state index in [0.29, 0.717) is 6.54 Å². The maximum absolute atomic E-state index is 5.62.